The van der Waals surface area contributed by atoms with Crippen LogP contribution in [0, 0.1) is 0 Å². The number of ether oxygens (including phenoxy) is 1. The molecule has 2 rings (SSSR count). The number of benzene rings is 1. The van der Waals surface area contributed by atoms with Gasteiger partial charge in [0.05, 0.1) is 12.2 Å². The van der Waals surface area contributed by atoms with Crippen molar-refractivity contribution in [2.24, 2.45) is 0 Å². The Kier molecular flexibility index (Phi) is 3.62. The monoisotopic (exact) mass is 236 g/mol. The Morgan fingerprint density at radius 1 is 1.44 bits per heavy atom. The van der Waals surface area contributed by atoms with Gasteiger partial charge >= 0.3 is 0 Å². The predicted octanol–water partition coefficient (Wildman–Crippen LogP) is 3.29. The zero-order chi connectivity index (χ0) is 11.4. The maximum absolute atomic E-state index is 11.6. The normalized spacial score (nSPS) is 14.9. The Labute approximate surface area is 99.9 Å². The molecule has 0 amide bonds. The third-order valence-electron chi connectivity index (χ3n) is 2.48. The molecule has 16 heavy (non-hydrogen) atoms. The molecule has 1 aromatic carbocycles. The molecule has 0 spiro atoms. The van der Waals surface area contributed by atoms with E-state index in [1.807, 2.05) is 30.4 Å². The molecule has 1 heterocycles. The lowest BCUT2D eigenvalue weighted by molar-refractivity contribution is 0.0933. The van der Waals surface area contributed by atoms with Gasteiger partial charge in [0.25, 0.3) is 0 Å². The van der Waals surface area contributed by atoms with Crippen LogP contribution in [0.4, 0.5) is 0 Å². The van der Waals surface area contributed by atoms with E-state index >= 15 is 0 Å². The van der Waals surface area contributed by atoms with E-state index in [0.717, 1.165) is 12.0 Å². The topological polar surface area (TPSA) is 26.3 Å². The van der Waals surface area contributed by atoms with Crippen molar-refractivity contribution >= 4 is 23.5 Å². The second kappa shape index (κ2) is 5.17. The number of fused-ring (bicyclic) bond motifs is 1. The van der Waals surface area contributed by atoms with Gasteiger partial charge in [-0.3, -0.25) is 4.79 Å². The molecular weight excluding hydrogens is 224 g/mol. The molecule has 1 aromatic rings. The number of ketones is 1. The van der Waals surface area contributed by atoms with E-state index in [1.165, 1.54) is 0 Å². The lowest BCUT2D eigenvalue weighted by Gasteiger charge is -2.16. The zero-order valence-electron chi connectivity index (χ0n) is 8.91. The third-order valence-corrected chi connectivity index (χ3v) is 2.70. The number of hydrogen-bond donors (Lipinski definition) is 0. The SMILES string of the molecule is O=C1CCOc2ccc(C=CCCCl)cc21. The van der Waals surface area contributed by atoms with Gasteiger partial charge in [-0.05, 0) is 24.1 Å². The lowest BCUT2D eigenvalue weighted by atomic mass is 10.0. The van der Waals surface area contributed by atoms with Crippen molar-refractivity contribution in [3.8, 4) is 5.75 Å². The van der Waals surface area contributed by atoms with Crippen molar-refractivity contribution in [3.05, 3.63) is 35.4 Å². The largest absolute Gasteiger partial charge is 0.492 e. The first-order valence-corrected chi connectivity index (χ1v) is 5.87. The highest BCUT2D eigenvalue weighted by Crippen LogP contribution is 2.26. The molecule has 2 nitrogen and oxygen atoms in total. The molecule has 0 atom stereocenters. The molecule has 3 heteroatoms. The van der Waals surface area contributed by atoms with Crippen molar-refractivity contribution in [1.82, 2.24) is 0 Å². The smallest absolute Gasteiger partial charge is 0.170 e. The Bertz CT molecular complexity index is 424. The minimum Gasteiger partial charge on any atom is -0.492 e. The van der Waals surface area contributed by atoms with Gasteiger partial charge in [0.2, 0.25) is 0 Å². The highest BCUT2D eigenvalue weighted by molar-refractivity contribution is 6.17. The molecule has 0 saturated heterocycles. The highest BCUT2D eigenvalue weighted by Gasteiger charge is 2.17. The zero-order valence-corrected chi connectivity index (χ0v) is 9.67. The van der Waals surface area contributed by atoms with Crippen LogP contribution in [0.2, 0.25) is 0 Å². The summed E-state index contributed by atoms with van der Waals surface area (Å²) in [5.41, 5.74) is 1.71. The van der Waals surface area contributed by atoms with Crippen LogP contribution in [-0.2, 0) is 0 Å². The number of Topliss-reactive ketones (excluding diaryl/α,β-unsaturated/α-hetero) is 1. The van der Waals surface area contributed by atoms with E-state index in [9.17, 15) is 4.79 Å². The molecule has 1 aliphatic heterocycles. The fraction of sp³-hybridized carbons (Fsp3) is 0.308. The van der Waals surface area contributed by atoms with Gasteiger partial charge < -0.3 is 4.74 Å². The van der Waals surface area contributed by atoms with Gasteiger partial charge in [0.15, 0.2) is 5.78 Å². The van der Waals surface area contributed by atoms with E-state index in [1.54, 1.807) is 0 Å². The molecule has 0 aliphatic carbocycles. The van der Waals surface area contributed by atoms with E-state index in [4.69, 9.17) is 16.3 Å². The second-order valence-electron chi connectivity index (χ2n) is 3.66. The number of rotatable bonds is 3. The molecule has 0 radical (unpaired) electrons. The third kappa shape index (κ3) is 2.45. The summed E-state index contributed by atoms with van der Waals surface area (Å²) >= 11 is 5.58. The van der Waals surface area contributed by atoms with Crippen molar-refractivity contribution in [2.45, 2.75) is 12.8 Å². The number of allylic oxidation sites excluding steroid dienone is 1. The van der Waals surface area contributed by atoms with E-state index in [0.29, 0.717) is 30.2 Å². The molecule has 0 aromatic heterocycles. The maximum atomic E-state index is 11.6. The van der Waals surface area contributed by atoms with Crippen molar-refractivity contribution in [2.75, 3.05) is 12.5 Å². The summed E-state index contributed by atoms with van der Waals surface area (Å²) in [5, 5.41) is 0. The summed E-state index contributed by atoms with van der Waals surface area (Å²) in [6.07, 6.45) is 5.29. The summed E-state index contributed by atoms with van der Waals surface area (Å²) in [5.74, 6) is 1.48. The van der Waals surface area contributed by atoms with Crippen molar-refractivity contribution in [1.29, 1.82) is 0 Å². The standard InChI is InChI=1S/C13H13ClO2/c14-7-2-1-3-10-4-5-13-11(9-10)12(15)6-8-16-13/h1,3-5,9H,2,6-8H2. The summed E-state index contributed by atoms with van der Waals surface area (Å²) in [6, 6.07) is 5.68. The Morgan fingerprint density at radius 2 is 2.31 bits per heavy atom. The van der Waals surface area contributed by atoms with Gasteiger partial charge in [-0.25, -0.2) is 0 Å². The van der Waals surface area contributed by atoms with Crippen molar-refractivity contribution < 1.29 is 9.53 Å². The molecule has 0 saturated carbocycles. The van der Waals surface area contributed by atoms with Gasteiger partial charge in [-0.15, -0.1) is 11.6 Å². The first-order chi connectivity index (χ1) is 7.81. The molecule has 0 bridgehead atoms. The van der Waals surface area contributed by atoms with Crippen LogP contribution in [0.15, 0.2) is 24.3 Å². The summed E-state index contributed by atoms with van der Waals surface area (Å²) < 4.78 is 5.41. The Balaban J connectivity index is 2.23. The fourth-order valence-electron chi connectivity index (χ4n) is 1.67. The quantitative estimate of drug-likeness (QED) is 0.753. The van der Waals surface area contributed by atoms with Gasteiger partial charge in [-0.1, -0.05) is 18.2 Å². The van der Waals surface area contributed by atoms with Crippen LogP contribution in [0.5, 0.6) is 5.75 Å². The first kappa shape index (κ1) is 11.2. The molecule has 0 N–H and O–H groups in total. The average Bonchev–Trinajstić information content (AvgIpc) is 2.30. The van der Waals surface area contributed by atoms with Gasteiger partial charge in [-0.2, -0.15) is 0 Å². The van der Waals surface area contributed by atoms with Crippen LogP contribution < -0.4 is 4.74 Å². The maximum Gasteiger partial charge on any atom is 0.170 e. The molecule has 0 unspecified atom stereocenters. The van der Waals surface area contributed by atoms with E-state index < -0.39 is 0 Å². The lowest BCUT2D eigenvalue weighted by Crippen LogP contribution is -2.15. The number of hydrogen-bond acceptors (Lipinski definition) is 2. The average molecular weight is 237 g/mol. The minimum absolute atomic E-state index is 0.161. The summed E-state index contributed by atoms with van der Waals surface area (Å²) in [6.45, 7) is 0.493. The highest BCUT2D eigenvalue weighted by atomic mass is 35.5. The van der Waals surface area contributed by atoms with Crippen LogP contribution >= 0.6 is 11.6 Å². The fourth-order valence-corrected chi connectivity index (χ4v) is 1.79. The first-order valence-electron chi connectivity index (χ1n) is 5.34. The summed E-state index contributed by atoms with van der Waals surface area (Å²) in [4.78, 5) is 11.6. The van der Waals surface area contributed by atoms with Gasteiger partial charge in [0, 0.05) is 12.3 Å². The van der Waals surface area contributed by atoms with E-state index in [2.05, 4.69) is 0 Å². The van der Waals surface area contributed by atoms with Crippen LogP contribution in [0.3, 0.4) is 0 Å². The number of halogens is 1. The molecule has 84 valence electrons. The van der Waals surface area contributed by atoms with Crippen LogP contribution in [0.25, 0.3) is 6.08 Å². The number of carbonyl (C=O) groups excluding carboxylic acids is 1. The second-order valence-corrected chi connectivity index (χ2v) is 4.04. The minimum atomic E-state index is 0.161. The summed E-state index contributed by atoms with van der Waals surface area (Å²) in [7, 11) is 0. The molecule has 1 aliphatic rings. The number of alkyl halides is 1. The van der Waals surface area contributed by atoms with Crippen LogP contribution in [-0.4, -0.2) is 18.3 Å². The van der Waals surface area contributed by atoms with E-state index in [-0.39, 0.29) is 5.78 Å². The Morgan fingerprint density at radius 3 is 3.12 bits per heavy atom. The Hall–Kier alpha value is -1.28. The van der Waals surface area contributed by atoms with Crippen LogP contribution in [0.1, 0.15) is 28.8 Å². The van der Waals surface area contributed by atoms with Gasteiger partial charge in [0.1, 0.15) is 5.75 Å². The number of carbonyl (C=O) groups is 1. The molecular formula is C13H13ClO2. The predicted molar refractivity (Wildman–Crippen MR) is 65.3 cm³/mol. The molecule has 0 fully saturated rings. The van der Waals surface area contributed by atoms with Crippen molar-refractivity contribution in [3.63, 3.8) is 0 Å².